The monoisotopic (exact) mass is 275 g/mol. The van der Waals surface area contributed by atoms with Gasteiger partial charge in [0.15, 0.2) is 0 Å². The van der Waals surface area contributed by atoms with Crippen LogP contribution >= 0.6 is 0 Å². The lowest BCUT2D eigenvalue weighted by molar-refractivity contribution is -0.0605. The van der Waals surface area contributed by atoms with E-state index in [0.717, 1.165) is 5.39 Å². The minimum atomic E-state index is -0.865. The third-order valence-corrected chi connectivity index (χ3v) is 3.72. The largest absolute Gasteiger partial charge is 0.388 e. The fraction of sp³-hybridized carbons (Fsp3) is 0.429. The Morgan fingerprint density at radius 2 is 2.25 bits per heavy atom. The van der Waals surface area contributed by atoms with Crippen molar-refractivity contribution in [2.45, 2.75) is 18.4 Å². The number of ether oxygens (including phenoxy) is 1. The maximum absolute atomic E-state index is 12.2. The number of H-pyrrole nitrogens is 1. The number of carbonyl (C=O) groups excluding carboxylic acids is 1. The highest BCUT2D eigenvalue weighted by Crippen LogP contribution is 2.20. The lowest BCUT2D eigenvalue weighted by Crippen LogP contribution is -2.46. The van der Waals surface area contributed by atoms with Gasteiger partial charge in [0, 0.05) is 38.0 Å². The Hall–Kier alpha value is -1.92. The maximum Gasteiger partial charge on any atom is 0.253 e. The van der Waals surface area contributed by atoms with Gasteiger partial charge in [-0.25, -0.2) is 0 Å². The van der Waals surface area contributed by atoms with Gasteiger partial charge in [-0.3, -0.25) is 9.89 Å². The zero-order valence-electron chi connectivity index (χ0n) is 11.1. The molecule has 0 radical (unpaired) electrons. The topological polar surface area (TPSA) is 87.2 Å². The smallest absolute Gasteiger partial charge is 0.253 e. The fourth-order valence-corrected chi connectivity index (χ4v) is 2.43. The molecule has 1 aromatic heterocycles. The van der Waals surface area contributed by atoms with E-state index in [9.17, 15) is 9.90 Å². The number of nitrogens with zero attached hydrogens (tertiary/aromatic N) is 1. The van der Waals surface area contributed by atoms with Crippen molar-refractivity contribution < 1.29 is 14.6 Å². The molecule has 6 nitrogen and oxygen atoms in total. The van der Waals surface area contributed by atoms with E-state index in [0.29, 0.717) is 37.1 Å². The first-order chi connectivity index (χ1) is 9.68. The van der Waals surface area contributed by atoms with Gasteiger partial charge in [-0.05, 0) is 6.07 Å². The molecule has 1 saturated heterocycles. The molecule has 1 aromatic carbocycles. The average Bonchev–Trinajstić information content (AvgIpc) is 2.94. The molecule has 6 heteroatoms. The number of aromatic nitrogens is 2. The molecule has 0 unspecified atom stereocenters. The van der Waals surface area contributed by atoms with Crippen LogP contribution in [0.25, 0.3) is 10.9 Å². The van der Waals surface area contributed by atoms with Gasteiger partial charge in [0.05, 0.1) is 22.9 Å². The first-order valence-electron chi connectivity index (χ1n) is 6.68. The normalized spacial score (nSPS) is 18.1. The Morgan fingerprint density at radius 3 is 3.05 bits per heavy atom. The second kappa shape index (κ2) is 5.22. The highest BCUT2D eigenvalue weighted by molar-refractivity contribution is 6.05. The number of hydrogen-bond acceptors (Lipinski definition) is 4. The minimum absolute atomic E-state index is 0.209. The predicted molar refractivity (Wildman–Crippen MR) is 73.4 cm³/mol. The lowest BCUT2D eigenvalue weighted by Gasteiger charge is -2.32. The summed E-state index contributed by atoms with van der Waals surface area (Å²) in [7, 11) is 0. The summed E-state index contributed by atoms with van der Waals surface area (Å²) < 4.78 is 5.22. The summed E-state index contributed by atoms with van der Waals surface area (Å²) >= 11 is 0. The summed E-state index contributed by atoms with van der Waals surface area (Å²) in [5.74, 6) is -0.209. The molecule has 2 heterocycles. The average molecular weight is 275 g/mol. The summed E-state index contributed by atoms with van der Waals surface area (Å²) in [6.07, 6.45) is 2.77. The zero-order chi connectivity index (χ0) is 14.0. The van der Waals surface area contributed by atoms with Gasteiger partial charge in [0.1, 0.15) is 0 Å². The summed E-state index contributed by atoms with van der Waals surface area (Å²) in [5, 5.41) is 20.8. The molecule has 0 saturated carbocycles. The van der Waals surface area contributed by atoms with Crippen molar-refractivity contribution in [3.05, 3.63) is 30.0 Å². The molecule has 20 heavy (non-hydrogen) atoms. The highest BCUT2D eigenvalue weighted by Gasteiger charge is 2.30. The number of rotatable bonds is 3. The number of fused-ring (bicyclic) bond motifs is 1. The van der Waals surface area contributed by atoms with E-state index < -0.39 is 5.60 Å². The van der Waals surface area contributed by atoms with Gasteiger partial charge in [0.25, 0.3) is 5.91 Å². The molecule has 0 aliphatic carbocycles. The minimum Gasteiger partial charge on any atom is -0.388 e. The van der Waals surface area contributed by atoms with Crippen molar-refractivity contribution in [2.75, 3.05) is 19.8 Å². The van der Waals surface area contributed by atoms with Crippen LogP contribution in [0, 0.1) is 0 Å². The Labute approximate surface area is 116 Å². The predicted octanol–water partition coefficient (Wildman–Crippen LogP) is 0.834. The zero-order valence-corrected chi connectivity index (χ0v) is 11.1. The first kappa shape index (κ1) is 13.1. The molecule has 3 N–H and O–H groups in total. The fourth-order valence-electron chi connectivity index (χ4n) is 2.43. The van der Waals surface area contributed by atoms with E-state index in [1.807, 2.05) is 12.1 Å². The third kappa shape index (κ3) is 2.52. The lowest BCUT2D eigenvalue weighted by atomic mass is 9.94. The number of carbonyl (C=O) groups is 1. The molecule has 2 aromatic rings. The van der Waals surface area contributed by atoms with Gasteiger partial charge in [-0.2, -0.15) is 5.10 Å². The molecule has 1 aliphatic heterocycles. The molecule has 1 aliphatic rings. The number of aromatic amines is 1. The molecule has 0 spiro atoms. The molecule has 1 amide bonds. The quantitative estimate of drug-likeness (QED) is 0.774. The number of hydrogen-bond donors (Lipinski definition) is 3. The van der Waals surface area contributed by atoms with Crippen LogP contribution in [0.3, 0.4) is 0 Å². The molecule has 3 rings (SSSR count). The van der Waals surface area contributed by atoms with Crippen molar-refractivity contribution in [3.63, 3.8) is 0 Å². The summed E-state index contributed by atoms with van der Waals surface area (Å²) in [6, 6.07) is 5.45. The molecular weight excluding hydrogens is 258 g/mol. The number of para-hydroxylation sites is 1. The van der Waals surface area contributed by atoms with Gasteiger partial charge >= 0.3 is 0 Å². The number of amides is 1. The number of benzene rings is 1. The van der Waals surface area contributed by atoms with E-state index in [2.05, 4.69) is 15.5 Å². The van der Waals surface area contributed by atoms with E-state index in [4.69, 9.17) is 4.74 Å². The van der Waals surface area contributed by atoms with Gasteiger partial charge < -0.3 is 15.2 Å². The first-order valence-corrected chi connectivity index (χ1v) is 6.68. The summed E-state index contributed by atoms with van der Waals surface area (Å²) in [4.78, 5) is 12.2. The van der Waals surface area contributed by atoms with E-state index >= 15 is 0 Å². The van der Waals surface area contributed by atoms with Crippen LogP contribution in [0.15, 0.2) is 24.4 Å². The Kier molecular flexibility index (Phi) is 3.42. The Balaban J connectivity index is 1.71. The second-order valence-electron chi connectivity index (χ2n) is 5.16. The van der Waals surface area contributed by atoms with Crippen molar-refractivity contribution >= 4 is 16.8 Å². The van der Waals surface area contributed by atoms with Crippen LogP contribution in [0.2, 0.25) is 0 Å². The van der Waals surface area contributed by atoms with Gasteiger partial charge in [0.2, 0.25) is 0 Å². The van der Waals surface area contributed by atoms with Crippen molar-refractivity contribution in [3.8, 4) is 0 Å². The number of nitrogens with one attached hydrogen (secondary N) is 2. The Morgan fingerprint density at radius 1 is 1.45 bits per heavy atom. The Bertz CT molecular complexity index is 617. The van der Waals surface area contributed by atoms with Crippen LogP contribution in [0.1, 0.15) is 23.2 Å². The molecule has 0 atom stereocenters. The molecule has 1 fully saturated rings. The standard InChI is InChI=1S/C14H17N3O3/c18-13(15-9-14(19)4-6-20-7-5-14)11-3-1-2-10-8-16-17-12(10)11/h1-3,8,19H,4-7,9H2,(H,15,18)(H,16,17). The van der Waals surface area contributed by atoms with E-state index in [1.54, 1.807) is 12.3 Å². The van der Waals surface area contributed by atoms with Crippen molar-refractivity contribution in [2.24, 2.45) is 0 Å². The molecular formula is C14H17N3O3. The highest BCUT2D eigenvalue weighted by atomic mass is 16.5. The van der Waals surface area contributed by atoms with Gasteiger partial charge in [-0.1, -0.05) is 12.1 Å². The van der Waals surface area contributed by atoms with E-state index in [-0.39, 0.29) is 12.5 Å². The van der Waals surface area contributed by atoms with Crippen molar-refractivity contribution in [1.82, 2.24) is 15.5 Å². The van der Waals surface area contributed by atoms with Gasteiger partial charge in [-0.15, -0.1) is 0 Å². The van der Waals surface area contributed by atoms with Crippen LogP contribution in [0.5, 0.6) is 0 Å². The summed E-state index contributed by atoms with van der Waals surface area (Å²) in [6.45, 7) is 1.30. The van der Waals surface area contributed by atoms with E-state index in [1.165, 1.54) is 0 Å². The molecule has 106 valence electrons. The molecule has 0 bridgehead atoms. The SMILES string of the molecule is O=C(NCC1(O)CCOCC1)c1cccc2cn[nH]c12. The van der Waals surface area contributed by atoms with Crippen LogP contribution < -0.4 is 5.32 Å². The third-order valence-electron chi connectivity index (χ3n) is 3.72. The van der Waals surface area contributed by atoms with Crippen LogP contribution in [0.4, 0.5) is 0 Å². The second-order valence-corrected chi connectivity index (χ2v) is 5.16. The van der Waals surface area contributed by atoms with Crippen LogP contribution in [-0.4, -0.2) is 46.6 Å². The van der Waals surface area contributed by atoms with Crippen LogP contribution in [-0.2, 0) is 4.74 Å². The number of aliphatic hydroxyl groups is 1. The maximum atomic E-state index is 12.2. The van der Waals surface area contributed by atoms with Crippen molar-refractivity contribution in [1.29, 1.82) is 0 Å². The summed E-state index contributed by atoms with van der Waals surface area (Å²) in [5.41, 5.74) is 0.384.